The Labute approximate surface area is 190 Å². The normalized spacial score (nSPS) is 12.3. The molecule has 2 N–H and O–H groups in total. The molecular weight excluding hydrogens is 461 g/mol. The highest BCUT2D eigenvalue weighted by atomic mass is 35.5. The number of hydrogen-bond acceptors (Lipinski definition) is 5. The number of benzene rings is 2. The van der Waals surface area contributed by atoms with Crippen molar-refractivity contribution in [3.8, 4) is 11.3 Å². The van der Waals surface area contributed by atoms with E-state index in [2.05, 4.69) is 20.1 Å². The van der Waals surface area contributed by atoms with E-state index in [1.54, 1.807) is 55.8 Å². The third kappa shape index (κ3) is 5.31. The SMILES string of the molecule is CC(NC(=O)N(C)NS(=O)(=O)c1ccccc1)c1ccc(-c2cnccn2)c(Cl)c1Cl. The maximum Gasteiger partial charge on any atom is 0.332 e. The smallest absolute Gasteiger partial charge is 0.330 e. The number of halogens is 2. The topological polar surface area (TPSA) is 104 Å². The summed E-state index contributed by atoms with van der Waals surface area (Å²) in [7, 11) is -2.60. The van der Waals surface area contributed by atoms with Gasteiger partial charge in [0.15, 0.2) is 0 Å². The van der Waals surface area contributed by atoms with E-state index in [1.807, 2.05) is 0 Å². The van der Waals surface area contributed by atoms with E-state index in [4.69, 9.17) is 23.2 Å². The van der Waals surface area contributed by atoms with Gasteiger partial charge in [0.05, 0.1) is 32.9 Å². The Hall–Kier alpha value is -2.72. The van der Waals surface area contributed by atoms with Crippen LogP contribution in [-0.2, 0) is 10.0 Å². The third-order valence-electron chi connectivity index (χ3n) is 4.37. The molecule has 2 aromatic carbocycles. The number of amides is 2. The fourth-order valence-electron chi connectivity index (χ4n) is 2.77. The first-order valence-corrected chi connectivity index (χ1v) is 11.3. The van der Waals surface area contributed by atoms with E-state index < -0.39 is 22.1 Å². The van der Waals surface area contributed by atoms with Crippen LogP contribution in [0, 0.1) is 0 Å². The van der Waals surface area contributed by atoms with E-state index in [0.29, 0.717) is 16.8 Å². The zero-order valence-electron chi connectivity index (χ0n) is 16.6. The number of aromatic nitrogens is 2. The Morgan fingerprint density at radius 3 is 2.42 bits per heavy atom. The molecule has 162 valence electrons. The number of nitrogens with one attached hydrogen (secondary N) is 2. The fraction of sp³-hybridized carbons (Fsp3) is 0.150. The van der Waals surface area contributed by atoms with Crippen molar-refractivity contribution in [1.82, 2.24) is 25.1 Å². The molecule has 1 unspecified atom stereocenters. The van der Waals surface area contributed by atoms with Crippen LogP contribution in [0.2, 0.25) is 10.0 Å². The van der Waals surface area contributed by atoms with Crippen molar-refractivity contribution in [2.75, 3.05) is 7.05 Å². The molecule has 1 aromatic heterocycles. The molecule has 3 rings (SSSR count). The number of carbonyl (C=O) groups excluding carboxylic acids is 1. The summed E-state index contributed by atoms with van der Waals surface area (Å²) < 4.78 is 24.8. The van der Waals surface area contributed by atoms with E-state index in [0.717, 1.165) is 5.01 Å². The second kappa shape index (κ2) is 9.61. The molecule has 11 heteroatoms. The first-order chi connectivity index (χ1) is 14.7. The third-order valence-corrected chi connectivity index (χ3v) is 6.68. The van der Waals surface area contributed by atoms with Crippen molar-refractivity contribution in [1.29, 1.82) is 0 Å². The molecule has 0 radical (unpaired) electrons. The lowest BCUT2D eigenvalue weighted by Crippen LogP contribution is -2.48. The van der Waals surface area contributed by atoms with E-state index in [9.17, 15) is 13.2 Å². The minimum absolute atomic E-state index is 0.0390. The number of hydrazine groups is 1. The van der Waals surface area contributed by atoms with Crippen LogP contribution in [0.3, 0.4) is 0 Å². The van der Waals surface area contributed by atoms with Gasteiger partial charge in [-0.25, -0.2) is 18.2 Å². The van der Waals surface area contributed by atoms with Gasteiger partial charge < -0.3 is 5.32 Å². The van der Waals surface area contributed by atoms with Gasteiger partial charge in [-0.15, -0.1) is 4.83 Å². The number of carbonyl (C=O) groups is 1. The summed E-state index contributed by atoms with van der Waals surface area (Å²) in [6.45, 7) is 1.71. The Bertz CT molecular complexity index is 1180. The molecule has 1 heterocycles. The van der Waals surface area contributed by atoms with E-state index in [-0.39, 0.29) is 14.9 Å². The number of urea groups is 1. The van der Waals surface area contributed by atoms with Crippen LogP contribution >= 0.6 is 23.2 Å². The summed E-state index contributed by atoms with van der Waals surface area (Å²) in [5.74, 6) is 0. The van der Waals surface area contributed by atoms with Gasteiger partial charge >= 0.3 is 6.03 Å². The molecule has 0 aliphatic carbocycles. The van der Waals surface area contributed by atoms with Gasteiger partial charge in [0.1, 0.15) is 0 Å². The number of sulfonamides is 1. The highest BCUT2D eigenvalue weighted by Crippen LogP contribution is 2.37. The maximum atomic E-state index is 12.5. The molecule has 0 saturated heterocycles. The second-order valence-electron chi connectivity index (χ2n) is 6.56. The van der Waals surface area contributed by atoms with Crippen LogP contribution < -0.4 is 10.1 Å². The molecule has 0 saturated carbocycles. The van der Waals surface area contributed by atoms with E-state index >= 15 is 0 Å². The lowest BCUT2D eigenvalue weighted by Gasteiger charge is -2.23. The van der Waals surface area contributed by atoms with Gasteiger partial charge in [-0.05, 0) is 24.6 Å². The number of nitrogens with zero attached hydrogens (tertiary/aromatic N) is 3. The summed E-state index contributed by atoms with van der Waals surface area (Å²) in [6.07, 6.45) is 4.66. The average molecular weight is 480 g/mol. The molecule has 3 aromatic rings. The summed E-state index contributed by atoms with van der Waals surface area (Å²) in [5.41, 5.74) is 1.73. The van der Waals surface area contributed by atoms with Gasteiger partial charge in [-0.3, -0.25) is 9.97 Å². The Morgan fingerprint density at radius 1 is 1.06 bits per heavy atom. The monoisotopic (exact) mass is 479 g/mol. The maximum absolute atomic E-state index is 12.5. The number of hydrogen-bond donors (Lipinski definition) is 2. The van der Waals surface area contributed by atoms with Crippen molar-refractivity contribution in [3.63, 3.8) is 0 Å². The van der Waals surface area contributed by atoms with Crippen LogP contribution in [0.1, 0.15) is 18.5 Å². The molecule has 31 heavy (non-hydrogen) atoms. The van der Waals surface area contributed by atoms with Crippen molar-refractivity contribution < 1.29 is 13.2 Å². The van der Waals surface area contributed by atoms with Gasteiger partial charge in [0.2, 0.25) is 0 Å². The molecule has 0 aliphatic heterocycles. The highest BCUT2D eigenvalue weighted by Gasteiger charge is 2.22. The van der Waals surface area contributed by atoms with Crippen LogP contribution in [0.15, 0.2) is 66.0 Å². The van der Waals surface area contributed by atoms with Crippen molar-refractivity contribution in [2.45, 2.75) is 17.9 Å². The second-order valence-corrected chi connectivity index (χ2v) is 8.98. The Kier molecular flexibility index (Phi) is 7.11. The van der Waals surface area contributed by atoms with Gasteiger partial charge in [0.25, 0.3) is 10.0 Å². The average Bonchev–Trinajstić information content (AvgIpc) is 2.76. The van der Waals surface area contributed by atoms with Gasteiger partial charge in [0, 0.05) is 25.0 Å². The summed E-state index contributed by atoms with van der Waals surface area (Å²) in [5, 5.41) is 4.07. The first-order valence-electron chi connectivity index (χ1n) is 9.06. The first kappa shape index (κ1) is 23.0. The predicted octanol–water partition coefficient (Wildman–Crippen LogP) is 4.05. The van der Waals surface area contributed by atoms with Crippen LogP contribution in [0.4, 0.5) is 4.79 Å². The summed E-state index contributed by atoms with van der Waals surface area (Å²) in [6, 6.07) is 9.96. The molecule has 0 spiro atoms. The quantitative estimate of drug-likeness (QED) is 0.518. The lowest BCUT2D eigenvalue weighted by atomic mass is 10.0. The largest absolute Gasteiger partial charge is 0.332 e. The standard InChI is InChI=1S/C20H19Cl2N5O3S/c1-13(15-8-9-16(19(22)18(15)21)17-12-23-10-11-24-17)25-20(28)27(2)26-31(29,30)14-6-4-3-5-7-14/h3-13,26H,1-2H3,(H,25,28). The zero-order chi connectivity index (χ0) is 22.6. The highest BCUT2D eigenvalue weighted by molar-refractivity contribution is 7.89. The molecule has 1 atom stereocenters. The molecule has 2 amide bonds. The number of rotatable bonds is 6. The molecule has 0 aliphatic rings. The summed E-state index contributed by atoms with van der Waals surface area (Å²) in [4.78, 5) is 23.0. The van der Waals surface area contributed by atoms with E-state index in [1.165, 1.54) is 19.2 Å². The van der Waals surface area contributed by atoms with Crippen molar-refractivity contribution in [2.24, 2.45) is 0 Å². The van der Waals surface area contributed by atoms with Crippen LogP contribution in [-0.4, -0.2) is 36.5 Å². The molecule has 0 bridgehead atoms. The molecular formula is C20H19Cl2N5O3S. The Morgan fingerprint density at radius 2 is 1.77 bits per heavy atom. The van der Waals surface area contributed by atoms with Gasteiger partial charge in [-0.2, -0.15) is 0 Å². The van der Waals surface area contributed by atoms with Gasteiger partial charge in [-0.1, -0.05) is 53.5 Å². The predicted molar refractivity (Wildman–Crippen MR) is 119 cm³/mol. The van der Waals surface area contributed by atoms with Crippen molar-refractivity contribution >= 4 is 39.3 Å². The lowest BCUT2D eigenvalue weighted by molar-refractivity contribution is 0.198. The zero-order valence-corrected chi connectivity index (χ0v) is 18.9. The minimum Gasteiger partial charge on any atom is -0.330 e. The minimum atomic E-state index is -3.90. The van der Waals surface area contributed by atoms with Crippen LogP contribution in [0.5, 0.6) is 0 Å². The summed E-state index contributed by atoms with van der Waals surface area (Å²) >= 11 is 12.9. The van der Waals surface area contributed by atoms with Crippen LogP contribution in [0.25, 0.3) is 11.3 Å². The molecule has 8 nitrogen and oxygen atoms in total. The van der Waals surface area contributed by atoms with Crippen molar-refractivity contribution in [3.05, 3.63) is 76.7 Å². The molecule has 0 fully saturated rings. The fourth-order valence-corrected chi connectivity index (χ4v) is 4.43. The Balaban J connectivity index is 1.73.